The molecule has 0 saturated carbocycles. The van der Waals surface area contributed by atoms with Crippen LogP contribution < -0.4 is 16.4 Å². The van der Waals surface area contributed by atoms with Gasteiger partial charge in [0.15, 0.2) is 4.34 Å². The fraction of sp³-hybridized carbons (Fsp3) is 0.158. The van der Waals surface area contributed by atoms with Gasteiger partial charge in [-0.25, -0.2) is 0 Å². The molecule has 1 heterocycles. The summed E-state index contributed by atoms with van der Waals surface area (Å²) in [7, 11) is 0. The summed E-state index contributed by atoms with van der Waals surface area (Å²) in [6, 6.07) is 12.0. The first-order chi connectivity index (χ1) is 13.8. The summed E-state index contributed by atoms with van der Waals surface area (Å²) < 4.78 is 0.666. The van der Waals surface area contributed by atoms with Gasteiger partial charge in [0.2, 0.25) is 16.9 Å². The normalized spacial score (nSPS) is 11.7. The Kier molecular flexibility index (Phi) is 6.73. The molecule has 0 bridgehead atoms. The van der Waals surface area contributed by atoms with Gasteiger partial charge in [0.05, 0.1) is 5.25 Å². The Morgan fingerprint density at radius 1 is 1.17 bits per heavy atom. The van der Waals surface area contributed by atoms with Crippen LogP contribution in [0.5, 0.6) is 0 Å². The Morgan fingerprint density at radius 2 is 1.90 bits per heavy atom. The van der Waals surface area contributed by atoms with Crippen LogP contribution in [0.3, 0.4) is 0 Å². The summed E-state index contributed by atoms with van der Waals surface area (Å²) in [6.45, 7) is 3.71. The fourth-order valence-electron chi connectivity index (χ4n) is 2.33. The van der Waals surface area contributed by atoms with E-state index >= 15 is 0 Å². The molecule has 29 heavy (non-hydrogen) atoms. The summed E-state index contributed by atoms with van der Waals surface area (Å²) in [5.41, 5.74) is 7.96. The third-order valence-electron chi connectivity index (χ3n) is 4.00. The van der Waals surface area contributed by atoms with Gasteiger partial charge in [-0.3, -0.25) is 9.59 Å². The zero-order valence-corrected chi connectivity index (χ0v) is 18.0. The largest absolute Gasteiger partial charge is 0.366 e. The molecule has 1 atom stereocenters. The van der Waals surface area contributed by atoms with Gasteiger partial charge in [-0.1, -0.05) is 40.8 Å². The predicted octanol–water partition coefficient (Wildman–Crippen LogP) is 4.46. The molecule has 4 N–H and O–H groups in total. The monoisotopic (exact) mass is 447 g/mol. The van der Waals surface area contributed by atoms with E-state index in [0.717, 1.165) is 11.3 Å². The summed E-state index contributed by atoms with van der Waals surface area (Å²) in [6.07, 6.45) is 0. The van der Waals surface area contributed by atoms with Gasteiger partial charge in [0.1, 0.15) is 0 Å². The highest BCUT2D eigenvalue weighted by Crippen LogP contribution is 2.32. The second-order valence-corrected chi connectivity index (χ2v) is 9.07. The minimum Gasteiger partial charge on any atom is -0.366 e. The number of benzene rings is 2. The van der Waals surface area contributed by atoms with Gasteiger partial charge in [-0.05, 0) is 55.8 Å². The summed E-state index contributed by atoms with van der Waals surface area (Å²) in [5.74, 6) is -0.697. The Hall–Kier alpha value is -2.62. The van der Waals surface area contributed by atoms with Crippen LogP contribution in [0.2, 0.25) is 5.02 Å². The zero-order valence-electron chi connectivity index (χ0n) is 15.6. The number of nitrogens with zero attached hydrogens (tertiary/aromatic N) is 2. The highest BCUT2D eigenvalue weighted by atomic mass is 35.5. The third kappa shape index (κ3) is 5.47. The molecule has 1 aromatic heterocycles. The van der Waals surface area contributed by atoms with Crippen molar-refractivity contribution < 1.29 is 9.59 Å². The van der Waals surface area contributed by atoms with Crippen LogP contribution in [0.25, 0.3) is 0 Å². The van der Waals surface area contributed by atoms with E-state index in [1.165, 1.54) is 23.1 Å². The number of primary amides is 1. The Labute approximate surface area is 181 Å². The molecule has 3 aromatic rings. The molecule has 0 aliphatic carbocycles. The number of carbonyl (C=O) groups is 2. The molecule has 0 radical (unpaired) electrons. The third-order valence-corrected chi connectivity index (χ3v) is 6.43. The first-order valence-electron chi connectivity index (χ1n) is 8.56. The number of halogens is 1. The van der Waals surface area contributed by atoms with Crippen LogP contribution >= 0.6 is 34.7 Å². The molecule has 0 aliphatic heterocycles. The van der Waals surface area contributed by atoms with Gasteiger partial charge < -0.3 is 16.4 Å². The smallest absolute Gasteiger partial charge is 0.248 e. The molecule has 1 unspecified atom stereocenters. The van der Waals surface area contributed by atoms with Crippen molar-refractivity contribution in [2.75, 3.05) is 10.6 Å². The topological polar surface area (TPSA) is 110 Å². The second kappa shape index (κ2) is 9.25. The van der Waals surface area contributed by atoms with E-state index in [1.807, 2.05) is 25.1 Å². The van der Waals surface area contributed by atoms with Gasteiger partial charge >= 0.3 is 0 Å². The molecule has 0 spiro atoms. The van der Waals surface area contributed by atoms with E-state index in [4.69, 9.17) is 17.3 Å². The molecule has 7 nitrogen and oxygen atoms in total. The Morgan fingerprint density at radius 3 is 2.59 bits per heavy atom. The van der Waals surface area contributed by atoms with Crippen LogP contribution in [0.15, 0.2) is 46.8 Å². The van der Waals surface area contributed by atoms with Crippen molar-refractivity contribution in [2.45, 2.75) is 23.4 Å². The average Bonchev–Trinajstić information content (AvgIpc) is 3.12. The lowest BCUT2D eigenvalue weighted by Gasteiger charge is -2.10. The molecular weight excluding hydrogens is 430 g/mol. The number of thioether (sulfide) groups is 1. The molecule has 2 amide bonds. The lowest BCUT2D eigenvalue weighted by molar-refractivity contribution is -0.115. The number of carbonyl (C=O) groups excluding carboxylic acids is 2. The first-order valence-corrected chi connectivity index (χ1v) is 10.6. The van der Waals surface area contributed by atoms with Crippen molar-refractivity contribution in [2.24, 2.45) is 5.73 Å². The summed E-state index contributed by atoms with van der Waals surface area (Å²) in [4.78, 5) is 23.5. The minimum absolute atomic E-state index is 0.183. The molecule has 3 rings (SSSR count). The molecule has 0 fully saturated rings. The van der Waals surface area contributed by atoms with Crippen LogP contribution in [-0.4, -0.2) is 27.3 Å². The first kappa shape index (κ1) is 21.1. The maximum absolute atomic E-state index is 12.4. The summed E-state index contributed by atoms with van der Waals surface area (Å²) in [5, 5.41) is 15.2. The van der Waals surface area contributed by atoms with Crippen molar-refractivity contribution in [3.05, 3.63) is 58.6 Å². The van der Waals surface area contributed by atoms with Crippen molar-refractivity contribution in [3.63, 3.8) is 0 Å². The van der Waals surface area contributed by atoms with Crippen molar-refractivity contribution in [3.8, 4) is 0 Å². The van der Waals surface area contributed by atoms with Crippen LogP contribution in [0.1, 0.15) is 22.8 Å². The highest BCUT2D eigenvalue weighted by Gasteiger charge is 2.18. The fourth-order valence-corrected chi connectivity index (χ4v) is 4.42. The number of hydrogen-bond donors (Lipinski definition) is 3. The molecule has 10 heteroatoms. The van der Waals surface area contributed by atoms with E-state index < -0.39 is 5.91 Å². The highest BCUT2D eigenvalue weighted by molar-refractivity contribution is 8.02. The zero-order chi connectivity index (χ0) is 21.0. The van der Waals surface area contributed by atoms with E-state index in [2.05, 4.69) is 20.8 Å². The van der Waals surface area contributed by atoms with Gasteiger partial charge in [-0.2, -0.15) is 0 Å². The Bertz CT molecular complexity index is 1040. The van der Waals surface area contributed by atoms with Crippen molar-refractivity contribution in [1.82, 2.24) is 10.2 Å². The van der Waals surface area contributed by atoms with Crippen LogP contribution in [0, 0.1) is 6.92 Å². The van der Waals surface area contributed by atoms with Gasteiger partial charge in [0.25, 0.3) is 0 Å². The second-order valence-electron chi connectivity index (χ2n) is 6.10. The van der Waals surface area contributed by atoms with Crippen LogP contribution in [-0.2, 0) is 4.79 Å². The molecule has 2 aromatic carbocycles. The minimum atomic E-state index is -0.513. The maximum Gasteiger partial charge on any atom is 0.248 e. The van der Waals surface area contributed by atoms with Gasteiger partial charge in [0, 0.05) is 22.0 Å². The molecule has 0 saturated heterocycles. The number of hydrogen-bond acceptors (Lipinski definition) is 7. The number of anilines is 3. The lowest BCUT2D eigenvalue weighted by atomic mass is 10.2. The maximum atomic E-state index is 12.4. The predicted molar refractivity (Wildman–Crippen MR) is 118 cm³/mol. The molecule has 0 aliphatic rings. The lowest BCUT2D eigenvalue weighted by Crippen LogP contribution is -2.22. The number of nitrogens with one attached hydrogen (secondary N) is 2. The molecular formula is C19H18ClN5O2S2. The standard InChI is InChI=1S/C19H18ClN5O2S2/c1-10-14(20)4-3-5-15(10)23-18-24-25-19(29-18)28-11(2)17(27)22-13-8-6-12(7-9-13)16(21)26/h3-9,11H,1-2H3,(H2,21,26)(H,22,27)(H,23,24). The SMILES string of the molecule is Cc1c(Cl)cccc1Nc1nnc(SC(C)C(=O)Nc2ccc(C(N)=O)cc2)s1. The van der Waals surface area contributed by atoms with E-state index in [1.54, 1.807) is 31.2 Å². The average molecular weight is 448 g/mol. The summed E-state index contributed by atoms with van der Waals surface area (Å²) >= 11 is 8.80. The van der Waals surface area contributed by atoms with E-state index in [9.17, 15) is 9.59 Å². The Balaban J connectivity index is 1.59. The van der Waals surface area contributed by atoms with Crippen LogP contribution in [0.4, 0.5) is 16.5 Å². The van der Waals surface area contributed by atoms with E-state index in [0.29, 0.717) is 25.7 Å². The number of nitrogens with two attached hydrogens (primary N) is 1. The van der Waals surface area contributed by atoms with Crippen molar-refractivity contribution >= 4 is 63.0 Å². The number of amides is 2. The molecule has 150 valence electrons. The van der Waals surface area contributed by atoms with Gasteiger partial charge in [-0.15, -0.1) is 10.2 Å². The van der Waals surface area contributed by atoms with Crippen molar-refractivity contribution in [1.29, 1.82) is 0 Å². The van der Waals surface area contributed by atoms with E-state index in [-0.39, 0.29) is 11.2 Å². The quantitative estimate of drug-likeness (QED) is 0.461. The number of rotatable bonds is 7. The number of aromatic nitrogens is 2.